The first-order chi connectivity index (χ1) is 18.0. The third-order valence-corrected chi connectivity index (χ3v) is 7.45. The Morgan fingerprint density at radius 1 is 1.16 bits per heavy atom. The van der Waals surface area contributed by atoms with Gasteiger partial charge in [-0.3, -0.25) is 4.79 Å². The molecule has 0 saturated carbocycles. The average molecular weight is 546 g/mol. The van der Waals surface area contributed by atoms with Crippen LogP contribution in [0.15, 0.2) is 40.9 Å². The van der Waals surface area contributed by atoms with Crippen LogP contribution in [0.25, 0.3) is 21.5 Å². The van der Waals surface area contributed by atoms with Gasteiger partial charge in [-0.1, -0.05) is 31.1 Å². The standard InChI is InChI=1S/C28H30F3N3O3S/c1-6-36-25(35)15-34(5)22-14-23-20(13-17(22)4)21(33-37-23)11-12-24-26(16(2)3)32-27(38-24)18-7-9-19(10-8-18)28(29,30)31/h7-10,13-14,16H,6,11-12,15H2,1-5H3. The number of carbonyl (C=O) groups excluding carboxylic acids is 1. The molecule has 0 bridgehead atoms. The molecule has 38 heavy (non-hydrogen) atoms. The topological polar surface area (TPSA) is 68.5 Å². The first kappa shape index (κ1) is 27.6. The number of likely N-dealkylation sites (N-methyl/N-ethyl adjacent to an activating group) is 1. The van der Waals surface area contributed by atoms with E-state index < -0.39 is 11.7 Å². The molecule has 0 radical (unpaired) electrons. The molecule has 0 unspecified atom stereocenters. The maximum atomic E-state index is 13.0. The average Bonchev–Trinajstić information content (AvgIpc) is 3.46. The van der Waals surface area contributed by atoms with Crippen LogP contribution < -0.4 is 4.90 Å². The van der Waals surface area contributed by atoms with Crippen LogP contribution in [0.5, 0.6) is 0 Å². The van der Waals surface area contributed by atoms with Crippen molar-refractivity contribution in [2.75, 3.05) is 25.1 Å². The molecule has 4 aromatic rings. The normalized spacial score (nSPS) is 11.9. The van der Waals surface area contributed by atoms with E-state index >= 15 is 0 Å². The van der Waals surface area contributed by atoms with Crippen molar-refractivity contribution in [3.8, 4) is 10.6 Å². The molecule has 0 aliphatic heterocycles. The van der Waals surface area contributed by atoms with E-state index in [0.29, 0.717) is 35.6 Å². The maximum Gasteiger partial charge on any atom is 0.416 e. The van der Waals surface area contributed by atoms with E-state index in [9.17, 15) is 18.0 Å². The van der Waals surface area contributed by atoms with Gasteiger partial charge in [-0.15, -0.1) is 11.3 Å². The van der Waals surface area contributed by atoms with Crippen molar-refractivity contribution < 1.29 is 27.2 Å². The van der Waals surface area contributed by atoms with Gasteiger partial charge in [-0.2, -0.15) is 13.2 Å². The third kappa shape index (κ3) is 6.01. The highest BCUT2D eigenvalue weighted by molar-refractivity contribution is 7.15. The summed E-state index contributed by atoms with van der Waals surface area (Å²) in [5, 5.41) is 5.92. The number of aromatic nitrogens is 2. The van der Waals surface area contributed by atoms with Gasteiger partial charge in [0.25, 0.3) is 0 Å². The van der Waals surface area contributed by atoms with Crippen molar-refractivity contribution >= 4 is 34.0 Å². The number of fused-ring (bicyclic) bond motifs is 1. The first-order valence-electron chi connectivity index (χ1n) is 12.4. The zero-order valence-electron chi connectivity index (χ0n) is 22.0. The highest BCUT2D eigenvalue weighted by atomic mass is 32.1. The minimum absolute atomic E-state index is 0.131. The van der Waals surface area contributed by atoms with Crippen molar-refractivity contribution in [1.82, 2.24) is 10.1 Å². The maximum absolute atomic E-state index is 13.0. The van der Waals surface area contributed by atoms with E-state index in [1.54, 1.807) is 6.92 Å². The number of esters is 1. The highest BCUT2D eigenvalue weighted by Crippen LogP contribution is 2.36. The number of hydrogen-bond acceptors (Lipinski definition) is 7. The quantitative estimate of drug-likeness (QED) is 0.208. The number of benzene rings is 2. The third-order valence-electron chi connectivity index (χ3n) is 6.27. The summed E-state index contributed by atoms with van der Waals surface area (Å²) in [7, 11) is 1.83. The molecule has 0 fully saturated rings. The number of alkyl halides is 3. The number of ether oxygens (including phenoxy) is 1. The van der Waals surface area contributed by atoms with Crippen molar-refractivity contribution in [1.29, 1.82) is 0 Å². The van der Waals surface area contributed by atoms with Crippen LogP contribution in [0.2, 0.25) is 0 Å². The molecule has 0 spiro atoms. The van der Waals surface area contributed by atoms with Gasteiger partial charge in [0.1, 0.15) is 11.6 Å². The van der Waals surface area contributed by atoms with Crippen LogP contribution >= 0.6 is 11.3 Å². The molecule has 10 heteroatoms. The van der Waals surface area contributed by atoms with Crippen LogP contribution in [0.4, 0.5) is 18.9 Å². The smallest absolute Gasteiger partial charge is 0.416 e. The second-order valence-electron chi connectivity index (χ2n) is 9.48. The van der Waals surface area contributed by atoms with E-state index in [1.807, 2.05) is 31.0 Å². The predicted molar refractivity (Wildman–Crippen MR) is 143 cm³/mol. The molecule has 202 valence electrons. The minimum atomic E-state index is -4.37. The lowest BCUT2D eigenvalue weighted by molar-refractivity contribution is -0.141. The number of aryl methyl sites for hydroxylation is 3. The number of nitrogens with zero attached hydrogens (tertiary/aromatic N) is 3. The van der Waals surface area contributed by atoms with E-state index in [1.165, 1.54) is 23.5 Å². The second kappa shape index (κ2) is 11.1. The van der Waals surface area contributed by atoms with E-state index in [-0.39, 0.29) is 18.4 Å². The number of thiazole rings is 1. The molecular formula is C28H30F3N3O3S. The Morgan fingerprint density at radius 2 is 1.87 bits per heavy atom. The molecule has 2 aromatic heterocycles. The molecule has 2 aromatic carbocycles. The lowest BCUT2D eigenvalue weighted by Crippen LogP contribution is -2.27. The molecule has 0 aliphatic rings. The SMILES string of the molecule is CCOC(=O)CN(C)c1cc2onc(CCc3sc(-c4ccc(C(F)(F)F)cc4)nc3C(C)C)c2cc1C. The Kier molecular flexibility index (Phi) is 8.10. The zero-order valence-corrected chi connectivity index (χ0v) is 22.8. The summed E-state index contributed by atoms with van der Waals surface area (Å²) in [6, 6.07) is 9.03. The van der Waals surface area contributed by atoms with Crippen LogP contribution in [0.1, 0.15) is 54.1 Å². The largest absolute Gasteiger partial charge is 0.465 e. The molecule has 6 nitrogen and oxygen atoms in total. The van der Waals surface area contributed by atoms with Gasteiger partial charge in [-0.05, 0) is 56.4 Å². The van der Waals surface area contributed by atoms with Gasteiger partial charge in [0, 0.05) is 34.6 Å². The Bertz CT molecular complexity index is 1430. The fraction of sp³-hybridized carbons (Fsp3) is 0.393. The molecular weight excluding hydrogens is 515 g/mol. The number of carbonyl (C=O) groups is 1. The summed E-state index contributed by atoms with van der Waals surface area (Å²) >= 11 is 1.50. The number of halogens is 3. The molecule has 4 rings (SSSR count). The van der Waals surface area contributed by atoms with Gasteiger partial charge in [0.05, 0.1) is 23.6 Å². The van der Waals surface area contributed by atoms with E-state index in [2.05, 4.69) is 19.0 Å². The molecule has 0 N–H and O–H groups in total. The van der Waals surface area contributed by atoms with Crippen molar-refractivity contribution in [2.45, 2.75) is 52.6 Å². The fourth-order valence-electron chi connectivity index (χ4n) is 4.36. The zero-order chi connectivity index (χ0) is 27.6. The molecule has 0 aliphatic carbocycles. The summed E-state index contributed by atoms with van der Waals surface area (Å²) in [5.41, 5.74) is 4.23. The summed E-state index contributed by atoms with van der Waals surface area (Å²) in [5.74, 6) is -0.132. The summed E-state index contributed by atoms with van der Waals surface area (Å²) < 4.78 is 49.6. The van der Waals surface area contributed by atoms with Crippen LogP contribution in [0, 0.1) is 6.92 Å². The number of hydrogen-bond donors (Lipinski definition) is 0. The van der Waals surface area contributed by atoms with Crippen molar-refractivity contribution in [2.24, 2.45) is 0 Å². The second-order valence-corrected chi connectivity index (χ2v) is 10.6. The molecule has 0 saturated heterocycles. The molecule has 0 atom stereocenters. The molecule has 2 heterocycles. The summed E-state index contributed by atoms with van der Waals surface area (Å²) in [6.45, 7) is 8.32. The lowest BCUT2D eigenvalue weighted by atomic mass is 10.0. The van der Waals surface area contributed by atoms with Gasteiger partial charge in [0.2, 0.25) is 0 Å². The van der Waals surface area contributed by atoms with Gasteiger partial charge in [0.15, 0.2) is 5.58 Å². The number of rotatable bonds is 9. The van der Waals surface area contributed by atoms with Gasteiger partial charge < -0.3 is 14.2 Å². The lowest BCUT2D eigenvalue weighted by Gasteiger charge is -2.20. The van der Waals surface area contributed by atoms with Gasteiger partial charge in [-0.25, -0.2) is 4.98 Å². The van der Waals surface area contributed by atoms with Crippen LogP contribution in [-0.4, -0.2) is 36.3 Å². The number of anilines is 1. The first-order valence-corrected chi connectivity index (χ1v) is 13.2. The Morgan fingerprint density at radius 3 is 2.50 bits per heavy atom. The van der Waals surface area contributed by atoms with E-state index in [4.69, 9.17) is 14.2 Å². The molecule has 0 amide bonds. The Labute approximate surface area is 223 Å². The predicted octanol–water partition coefficient (Wildman–Crippen LogP) is 7.19. The van der Waals surface area contributed by atoms with Crippen molar-refractivity contribution in [3.05, 3.63) is 63.8 Å². The van der Waals surface area contributed by atoms with Crippen LogP contribution in [0.3, 0.4) is 0 Å². The Hall–Kier alpha value is -3.40. The highest BCUT2D eigenvalue weighted by Gasteiger charge is 2.30. The summed E-state index contributed by atoms with van der Waals surface area (Å²) in [6.07, 6.45) is -3.07. The van der Waals surface area contributed by atoms with E-state index in [0.717, 1.165) is 45.0 Å². The monoisotopic (exact) mass is 545 g/mol. The Balaban J connectivity index is 1.54. The van der Waals surface area contributed by atoms with Gasteiger partial charge >= 0.3 is 12.1 Å². The summed E-state index contributed by atoms with van der Waals surface area (Å²) in [4.78, 5) is 19.6. The van der Waals surface area contributed by atoms with Crippen LogP contribution in [-0.2, 0) is 28.5 Å². The minimum Gasteiger partial charge on any atom is -0.465 e. The van der Waals surface area contributed by atoms with Crippen molar-refractivity contribution in [3.63, 3.8) is 0 Å². The fourth-order valence-corrected chi connectivity index (χ4v) is 5.58.